The van der Waals surface area contributed by atoms with Gasteiger partial charge in [-0.1, -0.05) is 34.6 Å². The lowest BCUT2D eigenvalue weighted by atomic mass is 10.2. The Morgan fingerprint density at radius 3 is 2.43 bits per heavy atom. The summed E-state index contributed by atoms with van der Waals surface area (Å²) >= 11 is 3.22. The van der Waals surface area contributed by atoms with Crippen molar-refractivity contribution in [2.24, 2.45) is 5.92 Å². The first-order valence-electron chi connectivity index (χ1n) is 7.20. The van der Waals surface area contributed by atoms with E-state index in [2.05, 4.69) is 21.2 Å². The van der Waals surface area contributed by atoms with Gasteiger partial charge in [-0.3, -0.25) is 0 Å². The average molecular weight is 381 g/mol. The van der Waals surface area contributed by atoms with Crippen LogP contribution < -0.4 is 5.32 Å². The molecule has 0 bridgehead atoms. The molecule has 0 radical (unpaired) electrons. The van der Waals surface area contributed by atoms with E-state index in [0.29, 0.717) is 31.4 Å². The van der Waals surface area contributed by atoms with Crippen LogP contribution in [0.1, 0.15) is 40.4 Å². The number of sulfonamides is 1. The molecule has 0 unspecified atom stereocenters. The number of hydrogen-bond acceptors (Lipinski definition) is 4. The van der Waals surface area contributed by atoms with Crippen molar-refractivity contribution in [1.29, 1.82) is 0 Å². The fourth-order valence-corrected chi connectivity index (χ4v) is 4.48. The van der Waals surface area contributed by atoms with E-state index in [0.717, 1.165) is 0 Å². The Labute approximate surface area is 136 Å². The van der Waals surface area contributed by atoms with Crippen LogP contribution in [0.15, 0.2) is 20.0 Å². The highest BCUT2D eigenvalue weighted by molar-refractivity contribution is 9.10. The van der Waals surface area contributed by atoms with Crippen molar-refractivity contribution in [3.63, 3.8) is 0 Å². The first kappa shape index (κ1) is 18.7. The summed E-state index contributed by atoms with van der Waals surface area (Å²) in [7, 11) is -3.53. The second-order valence-electron chi connectivity index (χ2n) is 5.74. The quantitative estimate of drug-likeness (QED) is 0.751. The van der Waals surface area contributed by atoms with E-state index in [9.17, 15) is 8.42 Å². The molecule has 0 atom stereocenters. The number of nitrogens with zero attached hydrogens (tertiary/aromatic N) is 1. The van der Waals surface area contributed by atoms with Crippen molar-refractivity contribution in [1.82, 2.24) is 9.62 Å². The molecule has 0 aromatic carbocycles. The molecule has 0 fully saturated rings. The van der Waals surface area contributed by atoms with Crippen LogP contribution in [-0.4, -0.2) is 31.9 Å². The molecule has 0 spiro atoms. The summed E-state index contributed by atoms with van der Waals surface area (Å²) < 4.78 is 32.6. The average Bonchev–Trinajstić information content (AvgIpc) is 2.75. The number of rotatable bonds is 8. The maximum atomic E-state index is 12.7. The first-order valence-corrected chi connectivity index (χ1v) is 9.43. The SMILES string of the molecule is CCN(CC(C)C)S(=O)(=O)c1cc(CNC(C)C)oc1Br. The molecule has 1 N–H and O–H groups in total. The first-order chi connectivity index (χ1) is 9.68. The molecular formula is C14H25BrN2O3S. The molecule has 122 valence electrons. The van der Waals surface area contributed by atoms with Crippen molar-refractivity contribution >= 4 is 26.0 Å². The number of nitrogens with one attached hydrogen (secondary N) is 1. The van der Waals surface area contributed by atoms with Gasteiger partial charge in [0.2, 0.25) is 10.0 Å². The van der Waals surface area contributed by atoms with Crippen LogP contribution in [0.25, 0.3) is 0 Å². The van der Waals surface area contributed by atoms with Gasteiger partial charge in [0.15, 0.2) is 4.67 Å². The molecule has 1 aromatic heterocycles. The van der Waals surface area contributed by atoms with Crippen molar-refractivity contribution in [3.8, 4) is 0 Å². The number of furan rings is 1. The molecule has 0 amide bonds. The standard InChI is InChI=1S/C14H25BrN2O3S/c1-6-17(9-10(2)3)21(18,19)13-7-12(20-14(13)15)8-16-11(4)5/h7,10-11,16H,6,8-9H2,1-5H3. The zero-order valence-corrected chi connectivity index (χ0v) is 15.7. The zero-order chi connectivity index (χ0) is 16.2. The van der Waals surface area contributed by atoms with E-state index in [1.807, 2.05) is 34.6 Å². The maximum absolute atomic E-state index is 12.7. The van der Waals surface area contributed by atoms with E-state index in [1.54, 1.807) is 6.07 Å². The summed E-state index contributed by atoms with van der Waals surface area (Å²) in [4.78, 5) is 0.200. The highest BCUT2D eigenvalue weighted by Crippen LogP contribution is 2.29. The van der Waals surface area contributed by atoms with Gasteiger partial charge in [-0.25, -0.2) is 8.42 Å². The molecule has 1 heterocycles. The summed E-state index contributed by atoms with van der Waals surface area (Å²) in [6.45, 7) is 11.3. The summed E-state index contributed by atoms with van der Waals surface area (Å²) in [5, 5.41) is 3.21. The summed E-state index contributed by atoms with van der Waals surface area (Å²) in [6, 6.07) is 1.90. The van der Waals surface area contributed by atoms with E-state index in [-0.39, 0.29) is 15.5 Å². The number of hydrogen-bond donors (Lipinski definition) is 1. The molecular weight excluding hydrogens is 356 g/mol. The number of halogens is 1. The van der Waals surface area contributed by atoms with Crippen molar-refractivity contribution in [2.45, 2.75) is 52.1 Å². The molecule has 0 aliphatic heterocycles. The normalized spacial score (nSPS) is 12.8. The molecule has 7 heteroatoms. The fourth-order valence-electron chi connectivity index (χ4n) is 1.91. The predicted molar refractivity (Wildman–Crippen MR) is 87.7 cm³/mol. The highest BCUT2D eigenvalue weighted by atomic mass is 79.9. The van der Waals surface area contributed by atoms with E-state index in [1.165, 1.54) is 4.31 Å². The van der Waals surface area contributed by atoms with Gasteiger partial charge in [0.1, 0.15) is 10.7 Å². The van der Waals surface area contributed by atoms with Crippen LogP contribution in [0.3, 0.4) is 0 Å². The minimum absolute atomic E-state index is 0.200. The second kappa shape index (κ2) is 7.76. The predicted octanol–water partition coefficient (Wildman–Crippen LogP) is 3.21. The maximum Gasteiger partial charge on any atom is 0.247 e. The zero-order valence-electron chi connectivity index (χ0n) is 13.3. The summed E-state index contributed by atoms with van der Waals surface area (Å²) in [5.41, 5.74) is 0. The van der Waals surface area contributed by atoms with Crippen LogP contribution in [-0.2, 0) is 16.6 Å². The van der Waals surface area contributed by atoms with Gasteiger partial charge in [0.05, 0.1) is 6.54 Å². The third kappa shape index (κ3) is 5.09. The summed E-state index contributed by atoms with van der Waals surface area (Å²) in [5.74, 6) is 0.877. The third-order valence-electron chi connectivity index (χ3n) is 2.93. The van der Waals surface area contributed by atoms with Crippen molar-refractivity contribution in [2.75, 3.05) is 13.1 Å². The van der Waals surface area contributed by atoms with Gasteiger partial charge in [0, 0.05) is 25.2 Å². The van der Waals surface area contributed by atoms with Crippen LogP contribution in [0, 0.1) is 5.92 Å². The lowest BCUT2D eigenvalue weighted by Gasteiger charge is -2.21. The molecule has 21 heavy (non-hydrogen) atoms. The monoisotopic (exact) mass is 380 g/mol. The Bertz CT molecular complexity index is 553. The van der Waals surface area contributed by atoms with Gasteiger partial charge < -0.3 is 9.73 Å². The van der Waals surface area contributed by atoms with Gasteiger partial charge in [0.25, 0.3) is 0 Å². The van der Waals surface area contributed by atoms with E-state index in [4.69, 9.17) is 4.42 Å². The lowest BCUT2D eigenvalue weighted by molar-refractivity contribution is 0.379. The Hall–Kier alpha value is -0.370. The van der Waals surface area contributed by atoms with Crippen LogP contribution in [0.2, 0.25) is 0 Å². The molecule has 0 saturated carbocycles. The second-order valence-corrected chi connectivity index (χ2v) is 8.36. The van der Waals surface area contributed by atoms with Gasteiger partial charge in [-0.2, -0.15) is 4.31 Å². The van der Waals surface area contributed by atoms with Gasteiger partial charge in [-0.05, 0) is 21.8 Å². The van der Waals surface area contributed by atoms with Crippen LogP contribution in [0.5, 0.6) is 0 Å². The van der Waals surface area contributed by atoms with Gasteiger partial charge >= 0.3 is 0 Å². The smallest absolute Gasteiger partial charge is 0.247 e. The molecule has 1 rings (SSSR count). The molecule has 0 aliphatic carbocycles. The minimum Gasteiger partial charge on any atom is -0.452 e. The van der Waals surface area contributed by atoms with Crippen molar-refractivity contribution < 1.29 is 12.8 Å². The molecule has 1 aromatic rings. The summed E-state index contributed by atoms with van der Waals surface area (Å²) in [6.07, 6.45) is 0. The Morgan fingerprint density at radius 1 is 1.33 bits per heavy atom. The van der Waals surface area contributed by atoms with E-state index >= 15 is 0 Å². The Balaban J connectivity index is 3.02. The molecule has 5 nitrogen and oxygen atoms in total. The molecule has 0 aliphatic rings. The fraction of sp³-hybridized carbons (Fsp3) is 0.714. The van der Waals surface area contributed by atoms with E-state index < -0.39 is 10.0 Å². The Kier molecular flexibility index (Phi) is 6.90. The topological polar surface area (TPSA) is 62.6 Å². The minimum atomic E-state index is -3.53. The largest absolute Gasteiger partial charge is 0.452 e. The van der Waals surface area contributed by atoms with Crippen LogP contribution >= 0.6 is 15.9 Å². The van der Waals surface area contributed by atoms with Gasteiger partial charge in [-0.15, -0.1) is 0 Å². The Morgan fingerprint density at radius 2 is 1.95 bits per heavy atom. The third-order valence-corrected chi connectivity index (χ3v) is 5.73. The van der Waals surface area contributed by atoms with Crippen molar-refractivity contribution in [3.05, 3.63) is 16.5 Å². The van der Waals surface area contributed by atoms with Crippen LogP contribution in [0.4, 0.5) is 0 Å². The lowest BCUT2D eigenvalue weighted by Crippen LogP contribution is -2.34. The highest BCUT2D eigenvalue weighted by Gasteiger charge is 2.28. The molecule has 0 saturated heterocycles.